The zero-order valence-corrected chi connectivity index (χ0v) is 21.0. The van der Waals surface area contributed by atoms with E-state index < -0.39 is 48.4 Å². The average molecular weight is 515 g/mol. The van der Waals surface area contributed by atoms with Crippen LogP contribution in [0.5, 0.6) is 5.75 Å². The van der Waals surface area contributed by atoms with Crippen LogP contribution < -0.4 is 4.74 Å². The third-order valence-electron chi connectivity index (χ3n) is 5.78. The molecule has 0 aliphatic carbocycles. The first-order valence-corrected chi connectivity index (χ1v) is 11.7. The van der Waals surface area contributed by atoms with Gasteiger partial charge < -0.3 is 28.8 Å². The number of hydrogen-bond acceptors (Lipinski definition) is 10. The Labute approximate surface area is 214 Å². The Morgan fingerprint density at radius 2 is 1.54 bits per heavy atom. The summed E-state index contributed by atoms with van der Waals surface area (Å²) in [5.74, 6) is -3.08. The van der Waals surface area contributed by atoms with Gasteiger partial charge in [-0.15, -0.1) is 0 Å². The molecule has 10 heteroatoms. The molecule has 1 saturated heterocycles. The lowest BCUT2D eigenvalue weighted by atomic mass is 9.88. The molecule has 2 aromatic rings. The minimum absolute atomic E-state index is 0.00306. The zero-order chi connectivity index (χ0) is 27.1. The minimum Gasteiger partial charge on any atom is -0.460 e. The molecule has 0 aromatic heterocycles. The van der Waals surface area contributed by atoms with Crippen LogP contribution in [0.15, 0.2) is 48.5 Å². The van der Waals surface area contributed by atoms with E-state index >= 15 is 0 Å². The van der Waals surface area contributed by atoms with Crippen LogP contribution in [0.25, 0.3) is 0 Å². The normalized spacial score (nSPS) is 23.0. The number of rotatable bonds is 9. The Morgan fingerprint density at radius 3 is 2.14 bits per heavy atom. The summed E-state index contributed by atoms with van der Waals surface area (Å²) in [7, 11) is 0. The van der Waals surface area contributed by atoms with Crippen molar-refractivity contribution in [3.63, 3.8) is 0 Å². The van der Waals surface area contributed by atoms with Crippen LogP contribution in [-0.4, -0.2) is 53.4 Å². The minimum atomic E-state index is -1.40. The van der Waals surface area contributed by atoms with Crippen LogP contribution in [0.2, 0.25) is 0 Å². The molecule has 5 atom stereocenters. The van der Waals surface area contributed by atoms with Gasteiger partial charge in [-0.1, -0.05) is 43.3 Å². The molecular weight excluding hydrogens is 484 g/mol. The Balaban J connectivity index is 1.94. The summed E-state index contributed by atoms with van der Waals surface area (Å²) < 4.78 is 28.1. The molecule has 1 fully saturated rings. The Bertz CT molecular complexity index is 1130. The van der Waals surface area contributed by atoms with Crippen molar-refractivity contribution >= 4 is 23.7 Å². The molecule has 0 saturated carbocycles. The Hall–Kier alpha value is -3.76. The molecule has 1 aliphatic rings. The highest BCUT2D eigenvalue weighted by Crippen LogP contribution is 2.34. The van der Waals surface area contributed by atoms with Gasteiger partial charge in [-0.25, -0.2) is 4.79 Å². The number of ether oxygens (including phenoxy) is 5. The van der Waals surface area contributed by atoms with Gasteiger partial charge in [-0.2, -0.15) is 0 Å². The van der Waals surface area contributed by atoms with Gasteiger partial charge in [0.05, 0.1) is 6.61 Å². The van der Waals surface area contributed by atoms with Crippen LogP contribution in [-0.2, 0) is 46.5 Å². The molecule has 0 radical (unpaired) electrons. The fourth-order valence-corrected chi connectivity index (χ4v) is 4.08. The van der Waals surface area contributed by atoms with Gasteiger partial charge in [-0.3, -0.25) is 14.4 Å². The Morgan fingerprint density at radius 1 is 0.892 bits per heavy atom. The maximum absolute atomic E-state index is 13.0. The highest BCUT2D eigenvalue weighted by molar-refractivity contribution is 5.92. The molecule has 3 rings (SSSR count). The quantitative estimate of drug-likeness (QED) is 0.393. The van der Waals surface area contributed by atoms with E-state index in [4.69, 9.17) is 23.7 Å². The fourth-order valence-electron chi connectivity index (χ4n) is 4.08. The largest absolute Gasteiger partial charge is 0.460 e. The van der Waals surface area contributed by atoms with Crippen LogP contribution in [0, 0.1) is 5.92 Å². The van der Waals surface area contributed by atoms with E-state index in [1.165, 1.54) is 39.0 Å². The van der Waals surface area contributed by atoms with Gasteiger partial charge in [0, 0.05) is 19.8 Å². The van der Waals surface area contributed by atoms with E-state index in [2.05, 4.69) is 0 Å². The second kappa shape index (κ2) is 12.5. The molecule has 198 valence electrons. The van der Waals surface area contributed by atoms with Crippen molar-refractivity contribution in [2.24, 2.45) is 5.92 Å². The molecular formula is C27H30O10. The van der Waals surface area contributed by atoms with Crippen molar-refractivity contribution in [3.8, 4) is 5.75 Å². The highest BCUT2D eigenvalue weighted by Gasteiger charge is 2.50. The van der Waals surface area contributed by atoms with Gasteiger partial charge >= 0.3 is 17.9 Å². The average Bonchev–Trinajstić information content (AvgIpc) is 2.86. The number of carbonyl (C=O) groups is 4. The Kier molecular flexibility index (Phi) is 9.37. The van der Waals surface area contributed by atoms with E-state index in [0.717, 1.165) is 5.56 Å². The lowest BCUT2D eigenvalue weighted by Crippen LogP contribution is -2.59. The van der Waals surface area contributed by atoms with Gasteiger partial charge in [0.1, 0.15) is 24.0 Å². The first-order valence-electron chi connectivity index (χ1n) is 11.7. The number of Topliss-reactive ketones (excluding diaryl/α,β-unsaturated/α-hetero) is 1. The van der Waals surface area contributed by atoms with Gasteiger partial charge in [0.15, 0.2) is 11.9 Å². The van der Waals surface area contributed by atoms with Gasteiger partial charge in [0.2, 0.25) is 12.4 Å². The molecule has 10 nitrogen and oxygen atoms in total. The number of aliphatic hydroxyl groups is 1. The topological polar surface area (TPSA) is 135 Å². The molecule has 0 amide bonds. The van der Waals surface area contributed by atoms with Crippen molar-refractivity contribution in [2.45, 2.75) is 65.5 Å². The molecule has 1 aliphatic heterocycles. The third-order valence-corrected chi connectivity index (χ3v) is 5.78. The fraction of sp³-hybridized carbons (Fsp3) is 0.407. The molecule has 0 spiro atoms. The summed E-state index contributed by atoms with van der Waals surface area (Å²) in [6, 6.07) is 13.4. The summed E-state index contributed by atoms with van der Waals surface area (Å²) in [5.41, 5.74) is 1.17. The van der Waals surface area contributed by atoms with E-state index in [0.29, 0.717) is 5.56 Å². The van der Waals surface area contributed by atoms with Crippen LogP contribution in [0.1, 0.15) is 49.2 Å². The number of ketones is 1. The smallest absolute Gasteiger partial charge is 0.342 e. The van der Waals surface area contributed by atoms with Crippen LogP contribution in [0.4, 0.5) is 0 Å². The first kappa shape index (κ1) is 27.8. The van der Waals surface area contributed by atoms with Crippen molar-refractivity contribution < 1.29 is 48.0 Å². The van der Waals surface area contributed by atoms with Gasteiger partial charge in [-0.05, 0) is 30.2 Å². The van der Waals surface area contributed by atoms with Gasteiger partial charge in [0.25, 0.3) is 0 Å². The summed E-state index contributed by atoms with van der Waals surface area (Å²) in [6.45, 7) is 4.98. The predicted octanol–water partition coefficient (Wildman–Crippen LogP) is 2.73. The first-order chi connectivity index (χ1) is 17.6. The summed E-state index contributed by atoms with van der Waals surface area (Å²) in [4.78, 5) is 49.0. The molecule has 2 aromatic carbocycles. The highest BCUT2D eigenvalue weighted by atomic mass is 16.7. The molecule has 1 N–H and O–H groups in total. The number of aliphatic hydroxyl groups excluding tert-OH is 1. The van der Waals surface area contributed by atoms with E-state index in [1.54, 1.807) is 19.1 Å². The van der Waals surface area contributed by atoms with E-state index in [-0.39, 0.29) is 30.3 Å². The lowest BCUT2D eigenvalue weighted by Gasteiger charge is -2.43. The SMILES string of the molecule is CC(=O)O[C@H]1[C@H](Oc2ccc(CO)cc2C(=O)OCc2ccccc2)O[C@H](C(C)=O)[C@@H](C)[C@@H]1OC(C)=O. The molecule has 37 heavy (non-hydrogen) atoms. The predicted molar refractivity (Wildman–Crippen MR) is 128 cm³/mol. The van der Waals surface area contributed by atoms with Crippen molar-refractivity contribution in [1.29, 1.82) is 0 Å². The maximum Gasteiger partial charge on any atom is 0.342 e. The van der Waals surface area contributed by atoms with Crippen molar-refractivity contribution in [1.82, 2.24) is 0 Å². The number of esters is 3. The van der Waals surface area contributed by atoms with Crippen LogP contribution >= 0.6 is 0 Å². The molecule has 1 heterocycles. The van der Waals surface area contributed by atoms with E-state index in [9.17, 15) is 24.3 Å². The number of benzene rings is 2. The summed E-state index contributed by atoms with van der Waals surface area (Å²) in [6.07, 6.45) is -4.73. The molecule has 0 bridgehead atoms. The number of carbonyl (C=O) groups excluding carboxylic acids is 4. The monoisotopic (exact) mass is 514 g/mol. The van der Waals surface area contributed by atoms with E-state index in [1.807, 2.05) is 18.2 Å². The lowest BCUT2D eigenvalue weighted by molar-refractivity contribution is -0.261. The summed E-state index contributed by atoms with van der Waals surface area (Å²) in [5, 5.41) is 9.59. The second-order valence-electron chi connectivity index (χ2n) is 8.71. The second-order valence-corrected chi connectivity index (χ2v) is 8.71. The van der Waals surface area contributed by atoms with Crippen molar-refractivity contribution in [2.75, 3.05) is 0 Å². The zero-order valence-electron chi connectivity index (χ0n) is 21.0. The molecule has 0 unspecified atom stereocenters. The standard InChI is InChI=1S/C27H30O10/c1-15-23(16(2)29)37-27(25(35-18(4)31)24(15)34-17(3)30)36-22-11-10-20(13-28)12-21(22)26(32)33-14-19-8-6-5-7-9-19/h5-12,15,23-25,27-28H,13-14H2,1-4H3/t15-,23+,24+,25-,27-/m1/s1. The maximum atomic E-state index is 13.0. The number of hydrogen-bond donors (Lipinski definition) is 1. The van der Waals surface area contributed by atoms with Crippen molar-refractivity contribution in [3.05, 3.63) is 65.2 Å². The third kappa shape index (κ3) is 7.14. The van der Waals surface area contributed by atoms with Crippen LogP contribution in [0.3, 0.4) is 0 Å². The summed E-state index contributed by atoms with van der Waals surface area (Å²) >= 11 is 0.